The SMILES string of the molecule is CCC(O)(c1cc(F)c2c(c1)C(=O)N(Cc1ncc(C#N)cn1)[C@@H]2O)C1(F)CCNCC1. The standard InChI is InChI=1S/C22H23F2N5O3/c1-2-22(32,21(24)3-5-26-6-4-21)14-7-15-18(16(23)8-14)20(31)29(19(15)30)12-17-27-10-13(9-25)11-28-17/h7-8,10-11,20,26,31-32H,2-6,12H2,1H3/t20-,22?/m1/s1. The zero-order valence-electron chi connectivity index (χ0n) is 17.5. The van der Waals surface area contributed by atoms with E-state index in [4.69, 9.17) is 5.26 Å². The molecule has 0 radical (unpaired) electrons. The van der Waals surface area contributed by atoms with Gasteiger partial charge in [-0.3, -0.25) is 4.79 Å². The van der Waals surface area contributed by atoms with E-state index >= 15 is 8.78 Å². The number of benzene rings is 1. The Balaban J connectivity index is 1.69. The summed E-state index contributed by atoms with van der Waals surface area (Å²) in [5, 5.41) is 33.8. The van der Waals surface area contributed by atoms with E-state index in [-0.39, 0.29) is 53.9 Å². The summed E-state index contributed by atoms with van der Waals surface area (Å²) in [5.74, 6) is -1.42. The number of aromatic nitrogens is 2. The van der Waals surface area contributed by atoms with Crippen LogP contribution in [0.4, 0.5) is 8.78 Å². The third-order valence-electron chi connectivity index (χ3n) is 6.45. The first-order valence-corrected chi connectivity index (χ1v) is 10.4. The number of halogens is 2. The monoisotopic (exact) mass is 443 g/mol. The highest BCUT2D eigenvalue weighted by Crippen LogP contribution is 2.46. The molecule has 168 valence electrons. The summed E-state index contributed by atoms with van der Waals surface area (Å²) in [6.45, 7) is 2.15. The van der Waals surface area contributed by atoms with Crippen LogP contribution in [-0.2, 0) is 12.1 Å². The van der Waals surface area contributed by atoms with Crippen LogP contribution < -0.4 is 5.32 Å². The number of aliphatic hydroxyl groups excluding tert-OH is 1. The second-order valence-electron chi connectivity index (χ2n) is 8.15. The molecule has 1 unspecified atom stereocenters. The largest absolute Gasteiger partial charge is 0.382 e. The van der Waals surface area contributed by atoms with Gasteiger partial charge in [0.2, 0.25) is 0 Å². The van der Waals surface area contributed by atoms with E-state index in [0.717, 1.165) is 11.0 Å². The van der Waals surface area contributed by atoms with Crippen molar-refractivity contribution in [2.75, 3.05) is 13.1 Å². The molecule has 10 heteroatoms. The molecule has 2 aliphatic rings. The summed E-state index contributed by atoms with van der Waals surface area (Å²) in [5.41, 5.74) is -4.13. The average molecular weight is 443 g/mol. The van der Waals surface area contributed by atoms with Crippen molar-refractivity contribution < 1.29 is 23.8 Å². The lowest BCUT2D eigenvalue weighted by Gasteiger charge is -2.44. The molecular formula is C22H23F2N5O3. The van der Waals surface area contributed by atoms with Crippen LogP contribution in [0.15, 0.2) is 24.5 Å². The molecule has 0 bridgehead atoms. The van der Waals surface area contributed by atoms with Gasteiger partial charge in [-0.2, -0.15) is 5.26 Å². The number of carbonyl (C=O) groups excluding carboxylic acids is 1. The van der Waals surface area contributed by atoms with Gasteiger partial charge in [0.25, 0.3) is 5.91 Å². The number of amides is 1. The first-order valence-electron chi connectivity index (χ1n) is 10.4. The summed E-state index contributed by atoms with van der Waals surface area (Å²) in [4.78, 5) is 22.0. The predicted molar refractivity (Wildman–Crippen MR) is 108 cm³/mol. The molecule has 2 aliphatic heterocycles. The molecule has 1 aromatic carbocycles. The minimum atomic E-state index is -1.99. The van der Waals surface area contributed by atoms with Crippen LogP contribution in [0.25, 0.3) is 0 Å². The number of carbonyl (C=O) groups is 1. The molecule has 0 saturated carbocycles. The maximum atomic E-state index is 15.8. The molecule has 3 N–H and O–H groups in total. The van der Waals surface area contributed by atoms with Crippen molar-refractivity contribution >= 4 is 5.91 Å². The fraction of sp³-hybridized carbons (Fsp3) is 0.455. The molecule has 1 fully saturated rings. The molecule has 1 amide bonds. The maximum Gasteiger partial charge on any atom is 0.257 e. The molecule has 32 heavy (non-hydrogen) atoms. The highest BCUT2D eigenvalue weighted by atomic mass is 19.1. The Morgan fingerprint density at radius 3 is 2.59 bits per heavy atom. The second kappa shape index (κ2) is 8.16. The minimum Gasteiger partial charge on any atom is -0.382 e. The van der Waals surface area contributed by atoms with Gasteiger partial charge in [0.05, 0.1) is 17.7 Å². The van der Waals surface area contributed by atoms with E-state index in [2.05, 4.69) is 15.3 Å². The third kappa shape index (κ3) is 3.43. The number of piperidine rings is 1. The zero-order chi connectivity index (χ0) is 23.1. The Morgan fingerprint density at radius 2 is 2.00 bits per heavy atom. The molecule has 1 saturated heterocycles. The van der Waals surface area contributed by atoms with Crippen LogP contribution in [0.5, 0.6) is 0 Å². The van der Waals surface area contributed by atoms with E-state index in [1.54, 1.807) is 6.92 Å². The number of rotatable bonds is 5. The Kier molecular flexibility index (Phi) is 5.67. The van der Waals surface area contributed by atoms with Gasteiger partial charge >= 0.3 is 0 Å². The van der Waals surface area contributed by atoms with E-state index in [0.29, 0.717) is 13.1 Å². The Bertz CT molecular complexity index is 1080. The maximum absolute atomic E-state index is 15.8. The summed E-state index contributed by atoms with van der Waals surface area (Å²) in [6.07, 6.45) is 1.06. The molecule has 4 rings (SSSR count). The number of nitriles is 1. The first-order chi connectivity index (χ1) is 15.2. The van der Waals surface area contributed by atoms with Gasteiger partial charge in [-0.15, -0.1) is 0 Å². The number of nitrogens with one attached hydrogen (secondary N) is 1. The third-order valence-corrected chi connectivity index (χ3v) is 6.45. The quantitative estimate of drug-likeness (QED) is 0.644. The number of alkyl halides is 1. The van der Waals surface area contributed by atoms with Gasteiger partial charge in [0.1, 0.15) is 29.0 Å². The Labute approximate surface area is 183 Å². The van der Waals surface area contributed by atoms with Gasteiger partial charge in [0.15, 0.2) is 6.23 Å². The highest BCUT2D eigenvalue weighted by Gasteiger charge is 2.52. The number of hydrogen-bond acceptors (Lipinski definition) is 7. The number of hydrogen-bond donors (Lipinski definition) is 3. The van der Waals surface area contributed by atoms with Crippen LogP contribution in [0.2, 0.25) is 0 Å². The van der Waals surface area contributed by atoms with Gasteiger partial charge < -0.3 is 20.4 Å². The summed E-state index contributed by atoms with van der Waals surface area (Å²) < 4.78 is 30.9. The summed E-state index contributed by atoms with van der Waals surface area (Å²) >= 11 is 0. The molecule has 0 spiro atoms. The Morgan fingerprint density at radius 1 is 1.34 bits per heavy atom. The van der Waals surface area contributed by atoms with Crippen molar-refractivity contribution in [3.63, 3.8) is 0 Å². The van der Waals surface area contributed by atoms with Gasteiger partial charge in [-0.25, -0.2) is 18.7 Å². The highest BCUT2D eigenvalue weighted by molar-refractivity contribution is 5.99. The van der Waals surface area contributed by atoms with E-state index in [1.807, 2.05) is 6.07 Å². The van der Waals surface area contributed by atoms with Crippen molar-refractivity contribution in [1.29, 1.82) is 5.26 Å². The fourth-order valence-corrected chi connectivity index (χ4v) is 4.54. The summed E-state index contributed by atoms with van der Waals surface area (Å²) in [7, 11) is 0. The number of aliphatic hydroxyl groups is 2. The van der Waals surface area contributed by atoms with Crippen molar-refractivity contribution in [3.05, 3.63) is 58.4 Å². The predicted octanol–water partition coefficient (Wildman–Crippen LogP) is 1.82. The lowest BCUT2D eigenvalue weighted by atomic mass is 9.71. The van der Waals surface area contributed by atoms with Crippen LogP contribution in [0.1, 0.15) is 65.3 Å². The smallest absolute Gasteiger partial charge is 0.257 e. The van der Waals surface area contributed by atoms with Crippen molar-refractivity contribution in [1.82, 2.24) is 20.2 Å². The minimum absolute atomic E-state index is 0.0126. The van der Waals surface area contributed by atoms with E-state index in [1.165, 1.54) is 18.5 Å². The van der Waals surface area contributed by atoms with Crippen LogP contribution in [0.3, 0.4) is 0 Å². The number of nitrogens with zero attached hydrogens (tertiary/aromatic N) is 4. The Hall–Kier alpha value is -3.00. The topological polar surface area (TPSA) is 122 Å². The molecular weight excluding hydrogens is 420 g/mol. The van der Waals surface area contributed by atoms with E-state index < -0.39 is 29.2 Å². The van der Waals surface area contributed by atoms with Gasteiger partial charge in [0, 0.05) is 18.0 Å². The molecule has 2 atom stereocenters. The fourth-order valence-electron chi connectivity index (χ4n) is 4.54. The lowest BCUT2D eigenvalue weighted by molar-refractivity contribution is -0.127. The van der Waals surface area contributed by atoms with Crippen LogP contribution in [-0.4, -0.2) is 49.7 Å². The molecule has 8 nitrogen and oxygen atoms in total. The first kappa shape index (κ1) is 22.2. The van der Waals surface area contributed by atoms with Crippen LogP contribution in [0, 0.1) is 17.1 Å². The normalized spacial score (nSPS) is 21.7. The second-order valence-corrected chi connectivity index (χ2v) is 8.15. The number of fused-ring (bicyclic) bond motifs is 1. The van der Waals surface area contributed by atoms with Gasteiger partial charge in [-0.05, 0) is 50.0 Å². The van der Waals surface area contributed by atoms with Crippen molar-refractivity contribution in [2.24, 2.45) is 0 Å². The molecule has 1 aromatic heterocycles. The molecule has 3 heterocycles. The average Bonchev–Trinajstić information content (AvgIpc) is 3.04. The molecule has 0 aliphatic carbocycles. The lowest BCUT2D eigenvalue weighted by Crippen LogP contribution is -2.53. The summed E-state index contributed by atoms with van der Waals surface area (Å²) in [6, 6.07) is 4.16. The van der Waals surface area contributed by atoms with E-state index in [9.17, 15) is 15.0 Å². The molecule has 2 aromatic rings. The zero-order valence-corrected chi connectivity index (χ0v) is 17.5. The van der Waals surface area contributed by atoms with Crippen molar-refractivity contribution in [2.45, 2.75) is 50.2 Å². The van der Waals surface area contributed by atoms with Crippen molar-refractivity contribution in [3.8, 4) is 6.07 Å². The van der Waals surface area contributed by atoms with Gasteiger partial charge in [-0.1, -0.05) is 6.92 Å². The van der Waals surface area contributed by atoms with Crippen LogP contribution >= 0.6 is 0 Å².